The number of aromatic nitrogens is 1. The van der Waals surface area contributed by atoms with Crippen molar-refractivity contribution in [3.05, 3.63) is 40.1 Å². The molecule has 1 heterocycles. The second-order valence-corrected chi connectivity index (χ2v) is 6.98. The molecular formula is C11H12FN3O2S2. The first-order valence-electron chi connectivity index (χ1n) is 5.34. The lowest BCUT2D eigenvalue weighted by Gasteiger charge is -2.06. The van der Waals surface area contributed by atoms with Crippen molar-refractivity contribution in [1.29, 1.82) is 0 Å². The van der Waals surface area contributed by atoms with E-state index in [-0.39, 0.29) is 17.1 Å². The van der Waals surface area contributed by atoms with E-state index in [1.54, 1.807) is 6.20 Å². The number of nitrogens with one attached hydrogen (secondary N) is 1. The van der Waals surface area contributed by atoms with Crippen LogP contribution in [0.3, 0.4) is 0 Å². The predicted octanol–water partition coefficient (Wildman–Crippen LogP) is 1.65. The molecule has 0 saturated carbocycles. The van der Waals surface area contributed by atoms with Gasteiger partial charge < -0.3 is 5.73 Å². The summed E-state index contributed by atoms with van der Waals surface area (Å²) >= 11 is 1.39. The fourth-order valence-electron chi connectivity index (χ4n) is 1.48. The number of hydrogen-bond donors (Lipinski definition) is 2. The third-order valence-electron chi connectivity index (χ3n) is 2.31. The maximum atomic E-state index is 13.1. The zero-order chi connectivity index (χ0) is 14.0. The number of nitrogens with zero attached hydrogens (tertiary/aromatic N) is 1. The van der Waals surface area contributed by atoms with Gasteiger partial charge in [-0.25, -0.2) is 22.5 Å². The van der Waals surface area contributed by atoms with Crippen LogP contribution in [0.5, 0.6) is 0 Å². The number of aryl methyl sites for hydroxylation is 1. The Hall–Kier alpha value is -1.51. The molecule has 0 aliphatic carbocycles. The average Bonchev–Trinajstić information content (AvgIpc) is 2.71. The molecule has 0 unspecified atom stereocenters. The molecule has 0 spiro atoms. The van der Waals surface area contributed by atoms with E-state index in [0.717, 1.165) is 22.0 Å². The topological polar surface area (TPSA) is 85.1 Å². The van der Waals surface area contributed by atoms with Gasteiger partial charge in [0.2, 0.25) is 10.0 Å². The standard InChI is InChI=1S/C11H12FN3O2S2/c1-7-14-5-10(18-7)6-15-19(16,17)11-3-8(12)2-9(13)4-11/h2-5,15H,6,13H2,1H3. The van der Waals surface area contributed by atoms with E-state index in [4.69, 9.17) is 5.73 Å². The molecule has 2 aromatic rings. The van der Waals surface area contributed by atoms with Gasteiger partial charge >= 0.3 is 0 Å². The Morgan fingerprint density at radius 2 is 2.16 bits per heavy atom. The number of hydrogen-bond acceptors (Lipinski definition) is 5. The minimum Gasteiger partial charge on any atom is -0.399 e. The minimum atomic E-state index is -3.79. The van der Waals surface area contributed by atoms with Crippen LogP contribution in [0.4, 0.5) is 10.1 Å². The smallest absolute Gasteiger partial charge is 0.241 e. The van der Waals surface area contributed by atoms with Gasteiger partial charge in [-0.15, -0.1) is 11.3 Å². The highest BCUT2D eigenvalue weighted by Crippen LogP contribution is 2.17. The van der Waals surface area contributed by atoms with Crippen LogP contribution < -0.4 is 10.5 Å². The summed E-state index contributed by atoms with van der Waals surface area (Å²) in [5, 5.41) is 0.851. The summed E-state index contributed by atoms with van der Waals surface area (Å²) in [4.78, 5) is 4.62. The van der Waals surface area contributed by atoms with E-state index < -0.39 is 15.8 Å². The second-order valence-electron chi connectivity index (χ2n) is 3.89. The van der Waals surface area contributed by atoms with E-state index in [1.165, 1.54) is 17.4 Å². The van der Waals surface area contributed by atoms with Gasteiger partial charge in [-0.2, -0.15) is 0 Å². The molecule has 0 atom stereocenters. The van der Waals surface area contributed by atoms with Crippen molar-refractivity contribution in [3.63, 3.8) is 0 Å². The summed E-state index contributed by atoms with van der Waals surface area (Å²) in [6, 6.07) is 3.20. The second kappa shape index (κ2) is 5.24. The van der Waals surface area contributed by atoms with Crippen molar-refractivity contribution in [2.24, 2.45) is 0 Å². The van der Waals surface area contributed by atoms with Gasteiger partial charge in [0.05, 0.1) is 9.90 Å². The van der Waals surface area contributed by atoms with Gasteiger partial charge in [-0.3, -0.25) is 0 Å². The summed E-state index contributed by atoms with van der Waals surface area (Å²) < 4.78 is 39.5. The van der Waals surface area contributed by atoms with E-state index in [0.29, 0.717) is 0 Å². The van der Waals surface area contributed by atoms with Crippen LogP contribution in [0.2, 0.25) is 0 Å². The Bertz CT molecular complexity index is 677. The van der Waals surface area contributed by atoms with Crippen LogP contribution in [0, 0.1) is 12.7 Å². The van der Waals surface area contributed by atoms with Crippen molar-refractivity contribution in [1.82, 2.24) is 9.71 Å². The zero-order valence-corrected chi connectivity index (χ0v) is 11.7. The van der Waals surface area contributed by atoms with Gasteiger partial charge in [-0.05, 0) is 25.1 Å². The van der Waals surface area contributed by atoms with Crippen LogP contribution in [0.25, 0.3) is 0 Å². The van der Waals surface area contributed by atoms with Crippen molar-refractivity contribution >= 4 is 27.0 Å². The van der Waals surface area contributed by atoms with Gasteiger partial charge in [0.1, 0.15) is 5.82 Å². The van der Waals surface area contributed by atoms with Gasteiger partial charge in [0, 0.05) is 23.3 Å². The SMILES string of the molecule is Cc1ncc(CNS(=O)(=O)c2cc(N)cc(F)c2)s1. The molecule has 102 valence electrons. The number of benzene rings is 1. The summed E-state index contributed by atoms with van der Waals surface area (Å²) in [5.41, 5.74) is 5.49. The molecular weight excluding hydrogens is 289 g/mol. The molecule has 0 fully saturated rings. The minimum absolute atomic E-state index is 0.0639. The number of nitrogen functional groups attached to an aromatic ring is 1. The molecule has 2 rings (SSSR count). The Kier molecular flexibility index (Phi) is 3.83. The molecule has 19 heavy (non-hydrogen) atoms. The van der Waals surface area contributed by atoms with E-state index >= 15 is 0 Å². The number of sulfonamides is 1. The number of nitrogens with two attached hydrogens (primary N) is 1. The summed E-state index contributed by atoms with van der Waals surface area (Å²) in [6.45, 7) is 1.94. The Balaban J connectivity index is 2.18. The first-order valence-corrected chi connectivity index (χ1v) is 7.64. The molecule has 0 aliphatic rings. The largest absolute Gasteiger partial charge is 0.399 e. The predicted molar refractivity (Wildman–Crippen MR) is 71.7 cm³/mol. The molecule has 1 aromatic carbocycles. The average molecular weight is 301 g/mol. The first-order chi connectivity index (χ1) is 8.87. The lowest BCUT2D eigenvalue weighted by molar-refractivity contribution is 0.578. The van der Waals surface area contributed by atoms with E-state index in [1.807, 2.05) is 6.92 Å². The lowest BCUT2D eigenvalue weighted by atomic mass is 10.3. The maximum Gasteiger partial charge on any atom is 0.241 e. The van der Waals surface area contributed by atoms with E-state index in [9.17, 15) is 12.8 Å². The Morgan fingerprint density at radius 1 is 1.42 bits per heavy atom. The van der Waals surface area contributed by atoms with Crippen LogP contribution in [0.1, 0.15) is 9.88 Å². The zero-order valence-electron chi connectivity index (χ0n) is 10.1. The molecule has 8 heteroatoms. The van der Waals surface area contributed by atoms with Crippen LogP contribution in [0.15, 0.2) is 29.3 Å². The highest BCUT2D eigenvalue weighted by molar-refractivity contribution is 7.89. The number of halogens is 1. The highest BCUT2D eigenvalue weighted by Gasteiger charge is 2.16. The molecule has 0 radical (unpaired) electrons. The van der Waals surface area contributed by atoms with Crippen molar-refractivity contribution < 1.29 is 12.8 Å². The van der Waals surface area contributed by atoms with Crippen molar-refractivity contribution in [3.8, 4) is 0 Å². The molecule has 0 bridgehead atoms. The van der Waals surface area contributed by atoms with Gasteiger partial charge in [-0.1, -0.05) is 0 Å². The Labute approximate surface area is 114 Å². The van der Waals surface area contributed by atoms with Crippen LogP contribution in [-0.2, 0) is 16.6 Å². The summed E-state index contributed by atoms with van der Waals surface area (Å²) in [7, 11) is -3.79. The molecule has 3 N–H and O–H groups in total. The fraction of sp³-hybridized carbons (Fsp3) is 0.182. The van der Waals surface area contributed by atoms with Gasteiger partial charge in [0.15, 0.2) is 0 Å². The third kappa shape index (κ3) is 3.49. The molecule has 1 aromatic heterocycles. The van der Waals surface area contributed by atoms with Crippen molar-refractivity contribution in [2.75, 3.05) is 5.73 Å². The molecule has 5 nitrogen and oxygen atoms in total. The molecule has 0 aliphatic heterocycles. The third-order valence-corrected chi connectivity index (χ3v) is 4.60. The summed E-state index contributed by atoms with van der Waals surface area (Å²) in [5.74, 6) is -0.686. The fourth-order valence-corrected chi connectivity index (χ4v) is 3.37. The number of anilines is 1. The van der Waals surface area contributed by atoms with E-state index in [2.05, 4.69) is 9.71 Å². The highest BCUT2D eigenvalue weighted by atomic mass is 32.2. The van der Waals surface area contributed by atoms with Crippen molar-refractivity contribution in [2.45, 2.75) is 18.4 Å². The lowest BCUT2D eigenvalue weighted by Crippen LogP contribution is -2.23. The number of rotatable bonds is 4. The van der Waals surface area contributed by atoms with Crippen LogP contribution in [-0.4, -0.2) is 13.4 Å². The molecule has 0 amide bonds. The van der Waals surface area contributed by atoms with Crippen LogP contribution >= 0.6 is 11.3 Å². The monoisotopic (exact) mass is 301 g/mol. The van der Waals surface area contributed by atoms with Gasteiger partial charge in [0.25, 0.3) is 0 Å². The quantitative estimate of drug-likeness (QED) is 0.841. The normalized spacial score (nSPS) is 11.7. The first kappa shape index (κ1) is 13.9. The maximum absolute atomic E-state index is 13.1. The molecule has 0 saturated heterocycles. The summed E-state index contributed by atoms with van der Waals surface area (Å²) in [6.07, 6.45) is 1.60. The number of thiazole rings is 1. The Morgan fingerprint density at radius 3 is 2.74 bits per heavy atom.